The van der Waals surface area contributed by atoms with E-state index < -0.39 is 6.23 Å². The molecule has 0 fully saturated rings. The van der Waals surface area contributed by atoms with Crippen molar-refractivity contribution in [3.05, 3.63) is 45.1 Å². The number of carbonyl (C=O) groups excluding carboxylic acids is 1. The molecule has 4 N–H and O–H groups in total. The van der Waals surface area contributed by atoms with Crippen LogP contribution in [0.2, 0.25) is 0 Å². The number of nitrogens with two attached hydrogens (primary N) is 1. The Labute approximate surface area is 179 Å². The van der Waals surface area contributed by atoms with Gasteiger partial charge in [-0.1, -0.05) is 13.8 Å². The number of imidazole rings is 1. The summed E-state index contributed by atoms with van der Waals surface area (Å²) in [7, 11) is 0. The van der Waals surface area contributed by atoms with Crippen LogP contribution < -0.4 is 27.0 Å². The van der Waals surface area contributed by atoms with Gasteiger partial charge in [-0.2, -0.15) is 0 Å². The first-order valence-electron chi connectivity index (χ1n) is 10.4. The summed E-state index contributed by atoms with van der Waals surface area (Å²) in [6.07, 6.45) is 1.29. The van der Waals surface area contributed by atoms with Gasteiger partial charge in [0.25, 0.3) is 5.56 Å². The Balaban J connectivity index is 1.97. The van der Waals surface area contributed by atoms with E-state index in [1.165, 1.54) is 4.57 Å². The lowest BCUT2D eigenvalue weighted by Crippen LogP contribution is -2.40. The van der Waals surface area contributed by atoms with Gasteiger partial charge in [-0.05, 0) is 37.1 Å². The molecule has 1 aromatic carbocycles. The van der Waals surface area contributed by atoms with Crippen LogP contribution in [0, 0.1) is 0 Å². The van der Waals surface area contributed by atoms with Gasteiger partial charge in [0.2, 0.25) is 6.23 Å². The minimum absolute atomic E-state index is 0.309. The summed E-state index contributed by atoms with van der Waals surface area (Å²) < 4.78 is 8.38. The largest absolute Gasteiger partial charge is 0.468 e. The van der Waals surface area contributed by atoms with E-state index in [2.05, 4.69) is 15.3 Å². The van der Waals surface area contributed by atoms with Crippen molar-refractivity contribution in [1.29, 1.82) is 0 Å². The third-order valence-corrected chi connectivity index (χ3v) is 4.76. The van der Waals surface area contributed by atoms with Gasteiger partial charge in [0, 0.05) is 31.7 Å². The first-order valence-corrected chi connectivity index (χ1v) is 10.4. The standard InChI is InChI=1S/C21H28N6O4/c1-3-11-26-19-17(20(29)27(12-4-2)21(26)30)24-18(25-19)14-5-7-15(8-6-14)31-16(13-28)23-10-9-22/h5-8,13,16,23H,3-4,9-12,22H2,1-2H3,(H,24,25). The second-order valence-corrected chi connectivity index (χ2v) is 7.12. The lowest BCUT2D eigenvalue weighted by atomic mass is 10.2. The summed E-state index contributed by atoms with van der Waals surface area (Å²) in [6.45, 7) is 5.56. The van der Waals surface area contributed by atoms with Crippen LogP contribution in [0.15, 0.2) is 33.9 Å². The number of rotatable bonds is 11. The quantitative estimate of drug-likeness (QED) is 0.304. The lowest BCUT2D eigenvalue weighted by Gasteiger charge is -2.14. The highest BCUT2D eigenvalue weighted by atomic mass is 16.5. The van der Waals surface area contributed by atoms with Gasteiger partial charge in [0.1, 0.15) is 17.1 Å². The van der Waals surface area contributed by atoms with E-state index in [-0.39, 0.29) is 11.2 Å². The van der Waals surface area contributed by atoms with Gasteiger partial charge in [0.05, 0.1) is 0 Å². The van der Waals surface area contributed by atoms with Gasteiger partial charge in [0.15, 0.2) is 11.9 Å². The molecule has 3 aromatic rings. The average Bonchev–Trinajstić information content (AvgIpc) is 3.23. The Hall–Kier alpha value is -3.24. The fourth-order valence-electron chi connectivity index (χ4n) is 3.33. The molecule has 2 aromatic heterocycles. The summed E-state index contributed by atoms with van der Waals surface area (Å²) in [5, 5.41) is 2.87. The summed E-state index contributed by atoms with van der Waals surface area (Å²) in [4.78, 5) is 44.4. The summed E-state index contributed by atoms with van der Waals surface area (Å²) >= 11 is 0. The lowest BCUT2D eigenvalue weighted by molar-refractivity contribution is -0.114. The Kier molecular flexibility index (Phi) is 7.37. The highest BCUT2D eigenvalue weighted by molar-refractivity contribution is 5.75. The highest BCUT2D eigenvalue weighted by Crippen LogP contribution is 2.22. The van der Waals surface area contributed by atoms with Gasteiger partial charge in [-0.15, -0.1) is 0 Å². The molecule has 0 amide bonds. The molecule has 0 aliphatic rings. The van der Waals surface area contributed by atoms with Gasteiger partial charge >= 0.3 is 5.69 Å². The van der Waals surface area contributed by atoms with E-state index in [1.54, 1.807) is 28.8 Å². The molecule has 10 heteroatoms. The average molecular weight is 428 g/mol. The van der Waals surface area contributed by atoms with Crippen molar-refractivity contribution in [3.8, 4) is 17.1 Å². The van der Waals surface area contributed by atoms with Crippen molar-refractivity contribution in [1.82, 2.24) is 24.4 Å². The second-order valence-electron chi connectivity index (χ2n) is 7.12. The number of benzene rings is 1. The molecule has 2 heterocycles. The number of nitrogens with one attached hydrogen (secondary N) is 2. The first-order chi connectivity index (χ1) is 15.0. The Morgan fingerprint density at radius 2 is 1.84 bits per heavy atom. The van der Waals surface area contributed by atoms with Crippen LogP contribution >= 0.6 is 0 Å². The minimum atomic E-state index is -0.791. The Morgan fingerprint density at radius 1 is 1.16 bits per heavy atom. The fraction of sp³-hybridized carbons (Fsp3) is 0.429. The van der Waals surface area contributed by atoms with E-state index in [1.807, 2.05) is 13.8 Å². The number of nitrogens with zero attached hydrogens (tertiary/aromatic N) is 3. The van der Waals surface area contributed by atoms with E-state index in [0.717, 1.165) is 12.0 Å². The number of carbonyl (C=O) groups is 1. The number of aromatic nitrogens is 4. The predicted molar refractivity (Wildman–Crippen MR) is 118 cm³/mol. The topological polar surface area (TPSA) is 137 Å². The number of hydrogen-bond donors (Lipinski definition) is 3. The van der Waals surface area contributed by atoms with Crippen LogP contribution in [-0.2, 0) is 17.9 Å². The van der Waals surface area contributed by atoms with Gasteiger partial charge in [-0.3, -0.25) is 24.0 Å². The monoisotopic (exact) mass is 428 g/mol. The number of H-pyrrole nitrogens is 1. The summed E-state index contributed by atoms with van der Waals surface area (Å²) in [5.41, 5.74) is 6.10. The number of ether oxygens (including phenoxy) is 1. The Bertz CT molecular complexity index is 1150. The molecule has 1 atom stereocenters. The number of aldehydes is 1. The zero-order valence-corrected chi connectivity index (χ0v) is 17.8. The number of hydrogen-bond acceptors (Lipinski definition) is 7. The van der Waals surface area contributed by atoms with Gasteiger partial charge in [-0.25, -0.2) is 9.78 Å². The van der Waals surface area contributed by atoms with Crippen molar-refractivity contribution in [2.75, 3.05) is 13.1 Å². The maximum absolute atomic E-state index is 12.8. The van der Waals surface area contributed by atoms with Crippen LogP contribution in [0.3, 0.4) is 0 Å². The van der Waals surface area contributed by atoms with Crippen LogP contribution in [0.1, 0.15) is 26.7 Å². The van der Waals surface area contributed by atoms with Crippen molar-refractivity contribution in [2.24, 2.45) is 5.73 Å². The molecular weight excluding hydrogens is 400 g/mol. The number of aryl methyl sites for hydroxylation is 1. The van der Waals surface area contributed by atoms with Crippen LogP contribution in [0.4, 0.5) is 0 Å². The predicted octanol–water partition coefficient (Wildman–Crippen LogP) is 0.825. The van der Waals surface area contributed by atoms with E-state index in [4.69, 9.17) is 10.5 Å². The van der Waals surface area contributed by atoms with E-state index >= 15 is 0 Å². The van der Waals surface area contributed by atoms with Crippen LogP contribution in [-0.4, -0.2) is 44.7 Å². The molecule has 31 heavy (non-hydrogen) atoms. The molecule has 0 aliphatic heterocycles. The van der Waals surface area contributed by atoms with Gasteiger partial charge < -0.3 is 15.5 Å². The van der Waals surface area contributed by atoms with E-state index in [0.29, 0.717) is 61.6 Å². The Morgan fingerprint density at radius 3 is 2.45 bits per heavy atom. The molecule has 0 radical (unpaired) electrons. The normalized spacial score (nSPS) is 12.2. The van der Waals surface area contributed by atoms with E-state index in [9.17, 15) is 14.4 Å². The molecular formula is C21H28N6O4. The molecule has 3 rings (SSSR count). The van der Waals surface area contributed by atoms with Crippen LogP contribution in [0.25, 0.3) is 22.6 Å². The minimum Gasteiger partial charge on any atom is -0.468 e. The number of fused-ring (bicyclic) bond motifs is 1. The van der Waals surface area contributed by atoms with Crippen molar-refractivity contribution in [3.63, 3.8) is 0 Å². The molecule has 0 saturated carbocycles. The molecule has 0 spiro atoms. The molecule has 1 unspecified atom stereocenters. The summed E-state index contributed by atoms with van der Waals surface area (Å²) in [6, 6.07) is 6.95. The fourth-order valence-corrected chi connectivity index (χ4v) is 3.33. The zero-order valence-electron chi connectivity index (χ0n) is 17.8. The maximum Gasteiger partial charge on any atom is 0.332 e. The summed E-state index contributed by atoms with van der Waals surface area (Å²) in [5.74, 6) is 0.972. The molecule has 166 valence electrons. The number of aromatic amines is 1. The third kappa shape index (κ3) is 4.75. The highest BCUT2D eigenvalue weighted by Gasteiger charge is 2.17. The first kappa shape index (κ1) is 22.4. The van der Waals surface area contributed by atoms with Crippen molar-refractivity contribution >= 4 is 17.5 Å². The van der Waals surface area contributed by atoms with Crippen molar-refractivity contribution in [2.45, 2.75) is 46.0 Å². The second kappa shape index (κ2) is 10.2. The zero-order chi connectivity index (χ0) is 22.4. The third-order valence-electron chi connectivity index (χ3n) is 4.76. The van der Waals surface area contributed by atoms with Crippen molar-refractivity contribution < 1.29 is 9.53 Å². The SMILES string of the molecule is CCCn1c(=O)c2[nH]c(-c3ccc(OC(C=O)NCCN)cc3)nc2n(CCC)c1=O. The molecule has 0 bridgehead atoms. The smallest absolute Gasteiger partial charge is 0.332 e. The van der Waals surface area contributed by atoms with Crippen LogP contribution in [0.5, 0.6) is 5.75 Å². The maximum atomic E-state index is 12.8. The molecule has 0 saturated heterocycles. The molecule has 0 aliphatic carbocycles. The molecule has 10 nitrogen and oxygen atoms in total.